The number of nitrogens with zero attached hydrogens (tertiary/aromatic N) is 3. The Labute approximate surface area is 165 Å². The molecule has 0 aliphatic rings. The maximum absolute atomic E-state index is 5.91. The quantitative estimate of drug-likeness (QED) is 0.404. The molecule has 2 aromatic rings. The van der Waals surface area contributed by atoms with Crippen LogP contribution in [0.4, 0.5) is 0 Å². The number of halogens is 2. The molecule has 1 aromatic carbocycles. The number of aliphatic imine (C=N–C) groups is 1. The van der Waals surface area contributed by atoms with E-state index in [0.717, 1.165) is 22.2 Å². The van der Waals surface area contributed by atoms with Crippen LogP contribution in [-0.2, 0) is 6.54 Å². The fourth-order valence-electron chi connectivity index (χ4n) is 1.95. The highest BCUT2D eigenvalue weighted by Gasteiger charge is 2.09. The number of rotatable bonds is 5. The second kappa shape index (κ2) is 9.88. The molecule has 132 valence electrons. The molecule has 1 atom stereocenters. The molecule has 24 heavy (non-hydrogen) atoms. The lowest BCUT2D eigenvalue weighted by molar-refractivity contribution is 0.481. The number of aromatic nitrogens is 2. The van der Waals surface area contributed by atoms with Crippen molar-refractivity contribution in [2.24, 2.45) is 10.9 Å². The number of hydrogen-bond donors (Lipinski definition) is 2. The topological polar surface area (TPSA) is 54.2 Å². The molecule has 0 saturated heterocycles. The largest absolute Gasteiger partial charge is 0.354 e. The average molecular weight is 462 g/mol. The van der Waals surface area contributed by atoms with Gasteiger partial charge in [-0.1, -0.05) is 25.4 Å². The Morgan fingerprint density at radius 3 is 2.50 bits per heavy atom. The van der Waals surface area contributed by atoms with Gasteiger partial charge < -0.3 is 10.6 Å². The maximum Gasteiger partial charge on any atom is 0.191 e. The summed E-state index contributed by atoms with van der Waals surface area (Å²) < 4.78 is 1.83. The van der Waals surface area contributed by atoms with Crippen LogP contribution in [0.25, 0.3) is 5.69 Å². The summed E-state index contributed by atoms with van der Waals surface area (Å²) in [4.78, 5) is 4.25. The second-order valence-corrected chi connectivity index (χ2v) is 6.31. The summed E-state index contributed by atoms with van der Waals surface area (Å²) in [6, 6.07) is 7.96. The third kappa shape index (κ3) is 5.98. The fourth-order valence-corrected chi connectivity index (χ4v) is 2.08. The van der Waals surface area contributed by atoms with E-state index < -0.39 is 0 Å². The van der Waals surface area contributed by atoms with E-state index in [9.17, 15) is 0 Å². The predicted molar refractivity (Wildman–Crippen MR) is 112 cm³/mol. The van der Waals surface area contributed by atoms with E-state index in [1.54, 1.807) is 7.05 Å². The van der Waals surface area contributed by atoms with E-state index in [1.165, 1.54) is 0 Å². The molecule has 7 heteroatoms. The Hall–Kier alpha value is -1.28. The Bertz CT molecular complexity index is 651. The van der Waals surface area contributed by atoms with Gasteiger partial charge in [-0.3, -0.25) is 4.99 Å². The molecule has 5 nitrogen and oxygen atoms in total. The first-order valence-corrected chi connectivity index (χ1v) is 8.14. The van der Waals surface area contributed by atoms with Gasteiger partial charge in [-0.15, -0.1) is 24.0 Å². The first kappa shape index (κ1) is 20.8. The summed E-state index contributed by atoms with van der Waals surface area (Å²) in [5.41, 5.74) is 2.07. The number of nitrogens with one attached hydrogen (secondary N) is 2. The fraction of sp³-hybridized carbons (Fsp3) is 0.412. The molecule has 1 heterocycles. The van der Waals surface area contributed by atoms with Crippen LogP contribution in [-0.4, -0.2) is 28.8 Å². The molecule has 0 aliphatic carbocycles. The molecular weight excluding hydrogens is 437 g/mol. The molecule has 0 aliphatic heterocycles. The molecule has 0 amide bonds. The minimum absolute atomic E-state index is 0. The SMILES string of the molecule is CN=C(NCc1cnn(-c2ccc(Cl)cc2)c1)NC(C)C(C)C.I. The summed E-state index contributed by atoms with van der Waals surface area (Å²) in [6.45, 7) is 7.18. The van der Waals surface area contributed by atoms with Crippen molar-refractivity contribution in [3.05, 3.63) is 47.2 Å². The number of guanidine groups is 1. The zero-order valence-electron chi connectivity index (χ0n) is 14.5. The highest BCUT2D eigenvalue weighted by atomic mass is 127. The van der Waals surface area contributed by atoms with E-state index in [2.05, 4.69) is 41.5 Å². The van der Waals surface area contributed by atoms with Crippen LogP contribution in [0.1, 0.15) is 26.3 Å². The smallest absolute Gasteiger partial charge is 0.191 e. The molecule has 0 radical (unpaired) electrons. The van der Waals surface area contributed by atoms with E-state index in [4.69, 9.17) is 11.6 Å². The van der Waals surface area contributed by atoms with Gasteiger partial charge in [0.15, 0.2) is 5.96 Å². The van der Waals surface area contributed by atoms with Gasteiger partial charge in [0.1, 0.15) is 0 Å². The van der Waals surface area contributed by atoms with Gasteiger partial charge in [0.25, 0.3) is 0 Å². The Balaban J connectivity index is 0.00000288. The zero-order chi connectivity index (χ0) is 16.8. The summed E-state index contributed by atoms with van der Waals surface area (Å²) in [5, 5.41) is 11.8. The molecular formula is C17H25ClIN5. The van der Waals surface area contributed by atoms with Crippen LogP contribution in [0.2, 0.25) is 5.02 Å². The Morgan fingerprint density at radius 2 is 1.92 bits per heavy atom. The van der Waals surface area contributed by atoms with E-state index in [1.807, 2.05) is 41.3 Å². The lowest BCUT2D eigenvalue weighted by atomic mass is 10.1. The second-order valence-electron chi connectivity index (χ2n) is 5.87. The molecule has 1 unspecified atom stereocenters. The molecule has 1 aromatic heterocycles. The molecule has 0 saturated carbocycles. The molecule has 0 spiro atoms. The van der Waals surface area contributed by atoms with E-state index in [0.29, 0.717) is 18.5 Å². The van der Waals surface area contributed by atoms with E-state index in [-0.39, 0.29) is 24.0 Å². The van der Waals surface area contributed by atoms with Crippen LogP contribution in [0.3, 0.4) is 0 Å². The minimum Gasteiger partial charge on any atom is -0.354 e. The van der Waals surface area contributed by atoms with Gasteiger partial charge in [-0.25, -0.2) is 4.68 Å². The first-order valence-electron chi connectivity index (χ1n) is 7.76. The van der Waals surface area contributed by atoms with E-state index >= 15 is 0 Å². The normalized spacial score (nSPS) is 12.7. The highest BCUT2D eigenvalue weighted by molar-refractivity contribution is 14.0. The first-order chi connectivity index (χ1) is 11.0. The standard InChI is InChI=1S/C17H24ClN5.HI/c1-12(2)13(3)22-17(19-4)20-9-14-10-21-23(11-14)16-7-5-15(18)6-8-16;/h5-8,10-13H,9H2,1-4H3,(H2,19,20,22);1H. The van der Waals surface area contributed by atoms with Crippen molar-refractivity contribution in [3.8, 4) is 5.69 Å². The highest BCUT2D eigenvalue weighted by Crippen LogP contribution is 2.13. The van der Waals surface area contributed by atoms with Gasteiger partial charge in [-0.2, -0.15) is 5.10 Å². The summed E-state index contributed by atoms with van der Waals surface area (Å²) >= 11 is 5.91. The molecule has 0 bridgehead atoms. The minimum atomic E-state index is 0. The van der Waals surface area contributed by atoms with Crippen molar-refractivity contribution < 1.29 is 0 Å². The van der Waals surface area contributed by atoms with Crippen LogP contribution >= 0.6 is 35.6 Å². The van der Waals surface area contributed by atoms with Crippen LogP contribution in [0.15, 0.2) is 41.7 Å². The van der Waals surface area contributed by atoms with Crippen LogP contribution in [0, 0.1) is 5.92 Å². The Morgan fingerprint density at radius 1 is 1.25 bits per heavy atom. The van der Waals surface area contributed by atoms with Crippen molar-refractivity contribution >= 4 is 41.5 Å². The van der Waals surface area contributed by atoms with Gasteiger partial charge in [0, 0.05) is 36.4 Å². The van der Waals surface area contributed by atoms with Crippen molar-refractivity contribution in [3.63, 3.8) is 0 Å². The zero-order valence-corrected chi connectivity index (χ0v) is 17.5. The third-order valence-corrected chi connectivity index (χ3v) is 4.03. The summed E-state index contributed by atoms with van der Waals surface area (Å²) in [5.74, 6) is 1.34. The van der Waals surface area contributed by atoms with Gasteiger partial charge in [0.2, 0.25) is 0 Å². The van der Waals surface area contributed by atoms with Crippen molar-refractivity contribution in [2.45, 2.75) is 33.4 Å². The van der Waals surface area contributed by atoms with Crippen molar-refractivity contribution in [1.82, 2.24) is 20.4 Å². The van der Waals surface area contributed by atoms with Crippen LogP contribution < -0.4 is 10.6 Å². The maximum atomic E-state index is 5.91. The van der Waals surface area contributed by atoms with Gasteiger partial charge in [0.05, 0.1) is 11.9 Å². The average Bonchev–Trinajstić information content (AvgIpc) is 3.00. The van der Waals surface area contributed by atoms with Crippen molar-refractivity contribution in [1.29, 1.82) is 0 Å². The van der Waals surface area contributed by atoms with Gasteiger partial charge in [-0.05, 0) is 37.1 Å². The molecule has 2 N–H and O–H groups in total. The van der Waals surface area contributed by atoms with Gasteiger partial charge >= 0.3 is 0 Å². The molecule has 2 rings (SSSR count). The lowest BCUT2D eigenvalue weighted by Gasteiger charge is -2.20. The lowest BCUT2D eigenvalue weighted by Crippen LogP contribution is -2.43. The Kier molecular flexibility index (Phi) is 8.55. The van der Waals surface area contributed by atoms with Crippen LogP contribution in [0.5, 0.6) is 0 Å². The van der Waals surface area contributed by atoms with Crippen molar-refractivity contribution in [2.75, 3.05) is 7.05 Å². The summed E-state index contributed by atoms with van der Waals surface area (Å²) in [6.07, 6.45) is 3.84. The third-order valence-electron chi connectivity index (χ3n) is 3.78. The molecule has 0 fully saturated rings. The number of benzene rings is 1. The summed E-state index contributed by atoms with van der Waals surface area (Å²) in [7, 11) is 1.78. The predicted octanol–water partition coefficient (Wildman–Crippen LogP) is 3.85. The monoisotopic (exact) mass is 461 g/mol. The number of hydrogen-bond acceptors (Lipinski definition) is 2.